The summed E-state index contributed by atoms with van der Waals surface area (Å²) in [4.78, 5) is 5.67. The third-order valence-corrected chi connectivity index (χ3v) is 4.41. The van der Waals surface area contributed by atoms with E-state index in [1.54, 1.807) is 18.4 Å². The number of nitrogens with two attached hydrogens (primary N) is 1. The Labute approximate surface area is 125 Å². The van der Waals surface area contributed by atoms with Crippen molar-refractivity contribution in [3.63, 3.8) is 0 Å². The number of thiazole rings is 1. The molecule has 0 radical (unpaired) electrons. The molecule has 0 saturated carbocycles. The van der Waals surface area contributed by atoms with Crippen LogP contribution >= 0.6 is 27.3 Å². The van der Waals surface area contributed by atoms with Gasteiger partial charge in [0.15, 0.2) is 5.13 Å². The van der Waals surface area contributed by atoms with Crippen LogP contribution in [0.3, 0.4) is 0 Å². The Morgan fingerprint density at radius 2 is 2.21 bits per heavy atom. The van der Waals surface area contributed by atoms with Crippen LogP contribution in [0.25, 0.3) is 0 Å². The van der Waals surface area contributed by atoms with Gasteiger partial charge in [0.25, 0.3) is 0 Å². The zero-order valence-corrected chi connectivity index (χ0v) is 13.5. The first kappa shape index (κ1) is 14.3. The average molecular weight is 341 g/mol. The Morgan fingerprint density at radius 1 is 1.42 bits per heavy atom. The molecule has 3 nitrogen and oxygen atoms in total. The largest absolute Gasteiger partial charge is 0.496 e. The van der Waals surface area contributed by atoms with Crippen LogP contribution in [0.5, 0.6) is 5.75 Å². The van der Waals surface area contributed by atoms with Gasteiger partial charge in [-0.05, 0) is 40.0 Å². The molecule has 1 aromatic heterocycles. The molecule has 0 amide bonds. The predicted octanol–water partition coefficient (Wildman–Crippen LogP) is 4.04. The van der Waals surface area contributed by atoms with Crippen LogP contribution < -0.4 is 10.5 Å². The fraction of sp³-hybridized carbons (Fsp3) is 0.357. The topological polar surface area (TPSA) is 48.1 Å². The van der Waals surface area contributed by atoms with Crippen molar-refractivity contribution in [1.29, 1.82) is 0 Å². The van der Waals surface area contributed by atoms with Crippen molar-refractivity contribution in [2.24, 2.45) is 0 Å². The second-order valence-electron chi connectivity index (χ2n) is 4.32. The van der Waals surface area contributed by atoms with Gasteiger partial charge >= 0.3 is 0 Å². The lowest BCUT2D eigenvalue weighted by Crippen LogP contribution is -1.94. The molecular formula is C14H17BrN2OS. The Bertz CT molecular complexity index is 569. The normalized spacial score (nSPS) is 10.7. The Hall–Kier alpha value is -1.07. The van der Waals surface area contributed by atoms with Crippen LogP contribution in [-0.2, 0) is 12.8 Å². The number of methoxy groups -OCH3 is 1. The Morgan fingerprint density at radius 3 is 2.84 bits per heavy atom. The molecule has 0 aliphatic carbocycles. The van der Waals surface area contributed by atoms with E-state index in [-0.39, 0.29) is 0 Å². The summed E-state index contributed by atoms with van der Waals surface area (Å²) in [7, 11) is 1.67. The molecule has 2 N–H and O–H groups in total. The maximum Gasteiger partial charge on any atom is 0.180 e. The molecule has 0 fully saturated rings. The number of aryl methyl sites for hydroxylation is 1. The zero-order chi connectivity index (χ0) is 13.8. The summed E-state index contributed by atoms with van der Waals surface area (Å²) in [6.45, 7) is 2.16. The molecular weight excluding hydrogens is 324 g/mol. The second-order valence-corrected chi connectivity index (χ2v) is 6.29. The molecule has 2 rings (SSSR count). The maximum atomic E-state index is 5.82. The van der Waals surface area contributed by atoms with Crippen LogP contribution in [0, 0.1) is 0 Å². The molecule has 5 heteroatoms. The molecule has 0 saturated heterocycles. The molecule has 0 aliphatic heterocycles. The van der Waals surface area contributed by atoms with Gasteiger partial charge in [0.05, 0.1) is 17.3 Å². The van der Waals surface area contributed by atoms with Crippen molar-refractivity contribution in [3.8, 4) is 5.75 Å². The van der Waals surface area contributed by atoms with E-state index < -0.39 is 0 Å². The molecule has 0 aliphatic rings. The number of nitrogen functional groups attached to an aromatic ring is 1. The average Bonchev–Trinajstić information content (AvgIpc) is 2.70. The highest BCUT2D eigenvalue weighted by Crippen LogP contribution is 2.29. The molecule has 0 unspecified atom stereocenters. The Balaban J connectivity index is 2.23. The number of aromatic nitrogens is 1. The SMILES string of the molecule is CCCc1nc(N)sc1Cc1ccc(OC)c(Br)c1. The van der Waals surface area contributed by atoms with Crippen molar-refractivity contribution in [1.82, 2.24) is 4.98 Å². The quantitative estimate of drug-likeness (QED) is 0.893. The van der Waals surface area contributed by atoms with E-state index in [1.165, 1.54) is 10.4 Å². The summed E-state index contributed by atoms with van der Waals surface area (Å²) in [5, 5.41) is 0.658. The molecule has 102 valence electrons. The molecule has 1 aromatic carbocycles. The van der Waals surface area contributed by atoms with E-state index in [2.05, 4.69) is 40.0 Å². The van der Waals surface area contributed by atoms with Crippen molar-refractivity contribution < 1.29 is 4.74 Å². The van der Waals surface area contributed by atoms with Gasteiger partial charge in [0.2, 0.25) is 0 Å². The molecule has 2 aromatic rings. The summed E-state index contributed by atoms with van der Waals surface area (Å²) in [5.41, 5.74) is 8.18. The van der Waals surface area contributed by atoms with E-state index in [4.69, 9.17) is 10.5 Å². The third kappa shape index (κ3) is 3.48. The van der Waals surface area contributed by atoms with Crippen LogP contribution in [0.15, 0.2) is 22.7 Å². The van der Waals surface area contributed by atoms with E-state index in [0.29, 0.717) is 5.13 Å². The zero-order valence-electron chi connectivity index (χ0n) is 11.1. The smallest absolute Gasteiger partial charge is 0.180 e. The number of anilines is 1. The van der Waals surface area contributed by atoms with Gasteiger partial charge in [0.1, 0.15) is 5.75 Å². The second kappa shape index (κ2) is 6.39. The van der Waals surface area contributed by atoms with Crippen molar-refractivity contribution >= 4 is 32.4 Å². The highest BCUT2D eigenvalue weighted by Gasteiger charge is 2.10. The van der Waals surface area contributed by atoms with Crippen molar-refractivity contribution in [3.05, 3.63) is 38.8 Å². The lowest BCUT2D eigenvalue weighted by Gasteiger charge is -2.06. The van der Waals surface area contributed by atoms with Gasteiger partial charge in [-0.15, -0.1) is 11.3 Å². The molecule has 0 spiro atoms. The number of hydrogen-bond acceptors (Lipinski definition) is 4. The number of rotatable bonds is 5. The molecule has 0 atom stereocenters. The van der Waals surface area contributed by atoms with E-state index in [0.717, 1.165) is 35.2 Å². The maximum absolute atomic E-state index is 5.82. The fourth-order valence-corrected chi connectivity index (χ4v) is 3.48. The lowest BCUT2D eigenvalue weighted by atomic mass is 10.1. The first-order chi connectivity index (χ1) is 9.13. The number of hydrogen-bond donors (Lipinski definition) is 1. The van der Waals surface area contributed by atoms with Crippen LogP contribution in [0.4, 0.5) is 5.13 Å². The summed E-state index contributed by atoms with van der Waals surface area (Å²) >= 11 is 5.10. The summed E-state index contributed by atoms with van der Waals surface area (Å²) in [5.74, 6) is 0.848. The predicted molar refractivity (Wildman–Crippen MR) is 84.0 cm³/mol. The Kier molecular flexibility index (Phi) is 4.82. The van der Waals surface area contributed by atoms with E-state index in [1.807, 2.05) is 6.07 Å². The van der Waals surface area contributed by atoms with Crippen LogP contribution in [0.1, 0.15) is 29.5 Å². The van der Waals surface area contributed by atoms with Gasteiger partial charge in [0, 0.05) is 11.3 Å². The van der Waals surface area contributed by atoms with Gasteiger partial charge in [-0.1, -0.05) is 19.4 Å². The molecule has 1 heterocycles. The number of halogens is 1. The third-order valence-electron chi connectivity index (χ3n) is 2.86. The van der Waals surface area contributed by atoms with Crippen LogP contribution in [0.2, 0.25) is 0 Å². The summed E-state index contributed by atoms with van der Waals surface area (Å²) in [6, 6.07) is 6.14. The number of nitrogens with zero attached hydrogens (tertiary/aromatic N) is 1. The first-order valence-corrected chi connectivity index (χ1v) is 7.81. The summed E-state index contributed by atoms with van der Waals surface area (Å²) in [6.07, 6.45) is 2.94. The van der Waals surface area contributed by atoms with Gasteiger partial charge in [-0.25, -0.2) is 4.98 Å². The van der Waals surface area contributed by atoms with Gasteiger partial charge in [-0.2, -0.15) is 0 Å². The minimum atomic E-state index is 0.658. The molecule has 19 heavy (non-hydrogen) atoms. The minimum absolute atomic E-state index is 0.658. The highest BCUT2D eigenvalue weighted by molar-refractivity contribution is 9.10. The summed E-state index contributed by atoms with van der Waals surface area (Å²) < 4.78 is 6.21. The van der Waals surface area contributed by atoms with Crippen molar-refractivity contribution in [2.45, 2.75) is 26.2 Å². The van der Waals surface area contributed by atoms with Gasteiger partial charge < -0.3 is 10.5 Å². The number of benzene rings is 1. The fourth-order valence-electron chi connectivity index (χ4n) is 1.98. The number of ether oxygens (including phenoxy) is 1. The van der Waals surface area contributed by atoms with Crippen molar-refractivity contribution in [2.75, 3.05) is 12.8 Å². The lowest BCUT2D eigenvalue weighted by molar-refractivity contribution is 0.412. The highest BCUT2D eigenvalue weighted by atomic mass is 79.9. The molecule has 0 bridgehead atoms. The van der Waals surface area contributed by atoms with Gasteiger partial charge in [-0.3, -0.25) is 0 Å². The van der Waals surface area contributed by atoms with E-state index in [9.17, 15) is 0 Å². The minimum Gasteiger partial charge on any atom is -0.496 e. The first-order valence-electron chi connectivity index (χ1n) is 6.20. The monoisotopic (exact) mass is 340 g/mol. The van der Waals surface area contributed by atoms with E-state index >= 15 is 0 Å². The standard InChI is InChI=1S/C14H17BrN2OS/c1-3-4-11-13(19-14(16)17-11)8-9-5-6-12(18-2)10(15)7-9/h5-7H,3-4,8H2,1-2H3,(H2,16,17). The van der Waals surface area contributed by atoms with Crippen LogP contribution in [-0.4, -0.2) is 12.1 Å².